The summed E-state index contributed by atoms with van der Waals surface area (Å²) < 4.78 is 0. The normalized spacial score (nSPS) is 28.1. The van der Waals surface area contributed by atoms with Gasteiger partial charge in [0.05, 0.1) is 6.61 Å². The molecule has 3 rings (SSSR count). The number of likely N-dealkylation sites (tertiary alicyclic amines) is 1. The van der Waals surface area contributed by atoms with Crippen molar-refractivity contribution in [3.63, 3.8) is 0 Å². The molecule has 2 N–H and O–H groups in total. The predicted molar refractivity (Wildman–Crippen MR) is 85.8 cm³/mol. The molecule has 1 saturated carbocycles. The van der Waals surface area contributed by atoms with Gasteiger partial charge in [-0.25, -0.2) is 0 Å². The van der Waals surface area contributed by atoms with E-state index in [2.05, 4.69) is 29.4 Å². The molecule has 2 atom stereocenters. The smallest absolute Gasteiger partial charge is 0.226 e. The van der Waals surface area contributed by atoms with Crippen LogP contribution in [-0.2, 0) is 9.59 Å². The highest BCUT2D eigenvalue weighted by atomic mass is 32.1. The number of fused-ring (bicyclic) bond motifs is 1. The first-order valence-corrected chi connectivity index (χ1v) is 8.69. The summed E-state index contributed by atoms with van der Waals surface area (Å²) in [4.78, 5) is 26.0. The second kappa shape index (κ2) is 5.83. The first kappa shape index (κ1) is 16.3. The van der Waals surface area contributed by atoms with E-state index in [-0.39, 0.29) is 42.1 Å². The highest BCUT2D eigenvalue weighted by Crippen LogP contribution is 2.62. The van der Waals surface area contributed by atoms with Gasteiger partial charge in [-0.2, -0.15) is 0 Å². The number of anilines is 1. The third-order valence-electron chi connectivity index (χ3n) is 5.24. The van der Waals surface area contributed by atoms with Crippen LogP contribution in [0.3, 0.4) is 0 Å². The quantitative estimate of drug-likeness (QED) is 0.839. The van der Waals surface area contributed by atoms with E-state index in [1.54, 1.807) is 0 Å². The van der Waals surface area contributed by atoms with Crippen molar-refractivity contribution in [1.82, 2.24) is 15.1 Å². The molecule has 0 aromatic carbocycles. The van der Waals surface area contributed by atoms with E-state index in [0.29, 0.717) is 24.1 Å². The van der Waals surface area contributed by atoms with Crippen LogP contribution in [0.5, 0.6) is 0 Å². The number of hydrogen-bond donors (Lipinski definition) is 2. The van der Waals surface area contributed by atoms with Gasteiger partial charge in [0.1, 0.15) is 5.51 Å². The topological polar surface area (TPSA) is 95.4 Å². The first-order chi connectivity index (χ1) is 10.9. The van der Waals surface area contributed by atoms with E-state index in [1.807, 2.05) is 4.90 Å². The number of nitrogens with one attached hydrogen (secondary N) is 1. The molecule has 1 aromatic heterocycles. The summed E-state index contributed by atoms with van der Waals surface area (Å²) in [6.45, 7) is 5.80. The highest BCUT2D eigenvalue weighted by molar-refractivity contribution is 7.13. The Morgan fingerprint density at radius 1 is 1.48 bits per heavy atom. The summed E-state index contributed by atoms with van der Waals surface area (Å²) in [6.07, 6.45) is 1.26. The molecule has 2 heterocycles. The monoisotopic (exact) mass is 338 g/mol. The molecule has 1 aliphatic carbocycles. The van der Waals surface area contributed by atoms with E-state index in [0.717, 1.165) is 6.42 Å². The molecular formula is C15H22N4O3S. The number of aliphatic hydroxyl groups excluding tert-OH is 1. The van der Waals surface area contributed by atoms with Crippen molar-refractivity contribution in [2.45, 2.75) is 33.1 Å². The van der Waals surface area contributed by atoms with Crippen molar-refractivity contribution >= 4 is 28.3 Å². The van der Waals surface area contributed by atoms with Gasteiger partial charge < -0.3 is 15.3 Å². The molecule has 2 aliphatic rings. The lowest BCUT2D eigenvalue weighted by Gasteiger charge is -2.55. The van der Waals surface area contributed by atoms with E-state index in [4.69, 9.17) is 0 Å². The summed E-state index contributed by atoms with van der Waals surface area (Å²) in [5, 5.41) is 20.2. The van der Waals surface area contributed by atoms with Crippen molar-refractivity contribution in [3.05, 3.63) is 5.51 Å². The zero-order valence-corrected chi connectivity index (χ0v) is 14.2. The molecule has 0 unspecified atom stereocenters. The number of rotatable bonds is 5. The second-order valence-corrected chi connectivity index (χ2v) is 8.14. The van der Waals surface area contributed by atoms with Crippen LogP contribution in [0.2, 0.25) is 0 Å². The molecule has 1 saturated heterocycles. The number of aliphatic hydroxyl groups is 1. The number of carbonyl (C=O) groups excluding carboxylic acids is 2. The molecule has 2 amide bonds. The van der Waals surface area contributed by atoms with Crippen molar-refractivity contribution < 1.29 is 14.7 Å². The van der Waals surface area contributed by atoms with Crippen molar-refractivity contribution in [1.29, 1.82) is 0 Å². The van der Waals surface area contributed by atoms with Crippen LogP contribution in [0.25, 0.3) is 0 Å². The van der Waals surface area contributed by atoms with Crippen LogP contribution in [0, 0.1) is 16.7 Å². The highest BCUT2D eigenvalue weighted by Gasteiger charge is 2.62. The Hall–Kier alpha value is -1.54. The number of nitrogens with zero attached hydrogens (tertiary/aromatic N) is 3. The van der Waals surface area contributed by atoms with Crippen LogP contribution in [0.1, 0.15) is 33.1 Å². The van der Waals surface area contributed by atoms with Crippen LogP contribution in [0.4, 0.5) is 5.13 Å². The zero-order chi connectivity index (χ0) is 16.7. The van der Waals surface area contributed by atoms with Gasteiger partial charge in [-0.1, -0.05) is 25.2 Å². The SMILES string of the molecule is CC1(C)C[C@]2(CO)CN(C(=O)CCC(=O)Nc3nncs3)C[C@H]12. The summed E-state index contributed by atoms with van der Waals surface area (Å²) in [5.41, 5.74) is 1.58. The van der Waals surface area contributed by atoms with E-state index >= 15 is 0 Å². The second-order valence-electron chi connectivity index (χ2n) is 7.30. The van der Waals surface area contributed by atoms with E-state index in [9.17, 15) is 14.7 Å². The lowest BCUT2D eigenvalue weighted by molar-refractivity contribution is -0.132. The standard InChI is InChI=1S/C15H22N4O3S/c1-14(2)6-15(8-20)7-19(5-10(14)15)12(22)4-3-11(21)17-13-18-16-9-23-13/h9-10,20H,3-8H2,1-2H3,(H,17,18,21)/t10-,15-/m1/s1. The maximum Gasteiger partial charge on any atom is 0.226 e. The lowest BCUT2D eigenvalue weighted by Crippen LogP contribution is -2.54. The van der Waals surface area contributed by atoms with Gasteiger partial charge in [0, 0.05) is 31.3 Å². The van der Waals surface area contributed by atoms with Gasteiger partial charge in [0.25, 0.3) is 0 Å². The Kier molecular flexibility index (Phi) is 4.14. The predicted octanol–water partition coefficient (Wildman–Crippen LogP) is 1.12. The number of carbonyl (C=O) groups is 2. The molecule has 0 radical (unpaired) electrons. The summed E-state index contributed by atoms with van der Waals surface area (Å²) in [7, 11) is 0. The average molecular weight is 338 g/mol. The Morgan fingerprint density at radius 2 is 2.26 bits per heavy atom. The Bertz CT molecular complexity index is 604. The van der Waals surface area contributed by atoms with Crippen molar-refractivity contribution in [3.8, 4) is 0 Å². The van der Waals surface area contributed by atoms with Gasteiger partial charge in [-0.05, 0) is 17.8 Å². The number of amides is 2. The number of hydrogen-bond acceptors (Lipinski definition) is 6. The van der Waals surface area contributed by atoms with Gasteiger partial charge in [-0.15, -0.1) is 10.2 Å². The Balaban J connectivity index is 1.51. The van der Waals surface area contributed by atoms with Gasteiger partial charge >= 0.3 is 0 Å². The maximum absolute atomic E-state index is 12.4. The maximum atomic E-state index is 12.4. The van der Waals surface area contributed by atoms with E-state index in [1.165, 1.54) is 16.8 Å². The number of aromatic nitrogens is 2. The molecular weight excluding hydrogens is 316 g/mol. The van der Waals surface area contributed by atoms with Crippen molar-refractivity contribution in [2.24, 2.45) is 16.7 Å². The minimum absolute atomic E-state index is 0.0181. The van der Waals surface area contributed by atoms with Crippen LogP contribution >= 0.6 is 11.3 Å². The van der Waals surface area contributed by atoms with Crippen LogP contribution in [0.15, 0.2) is 5.51 Å². The van der Waals surface area contributed by atoms with Crippen molar-refractivity contribution in [2.75, 3.05) is 25.0 Å². The molecule has 8 heteroatoms. The summed E-state index contributed by atoms with van der Waals surface area (Å²) in [6, 6.07) is 0. The Morgan fingerprint density at radius 3 is 2.83 bits per heavy atom. The molecule has 0 spiro atoms. The third kappa shape index (κ3) is 2.97. The molecule has 1 aliphatic heterocycles. The average Bonchev–Trinajstić information content (AvgIpc) is 3.11. The minimum Gasteiger partial charge on any atom is -0.396 e. The molecule has 126 valence electrons. The first-order valence-electron chi connectivity index (χ1n) is 7.81. The molecule has 1 aromatic rings. The summed E-state index contributed by atoms with van der Waals surface area (Å²) in [5.74, 6) is 0.101. The lowest BCUT2D eigenvalue weighted by atomic mass is 9.48. The summed E-state index contributed by atoms with van der Waals surface area (Å²) >= 11 is 1.24. The van der Waals surface area contributed by atoms with Gasteiger partial charge in [-0.3, -0.25) is 9.59 Å². The zero-order valence-electron chi connectivity index (χ0n) is 13.4. The van der Waals surface area contributed by atoms with Crippen LogP contribution < -0.4 is 5.32 Å². The molecule has 7 nitrogen and oxygen atoms in total. The molecule has 2 fully saturated rings. The fourth-order valence-corrected chi connectivity index (χ4v) is 4.78. The molecule has 0 bridgehead atoms. The third-order valence-corrected chi connectivity index (χ3v) is 5.85. The largest absolute Gasteiger partial charge is 0.396 e. The fourth-order valence-electron chi connectivity index (χ4n) is 4.32. The van der Waals surface area contributed by atoms with Crippen LogP contribution in [-0.4, -0.2) is 51.7 Å². The Labute approximate surface area is 139 Å². The minimum atomic E-state index is -0.227. The fraction of sp³-hybridized carbons (Fsp3) is 0.733. The van der Waals surface area contributed by atoms with E-state index < -0.39 is 0 Å². The van der Waals surface area contributed by atoms with Gasteiger partial charge in [0.2, 0.25) is 16.9 Å². The molecule has 23 heavy (non-hydrogen) atoms. The van der Waals surface area contributed by atoms with Gasteiger partial charge in [0.15, 0.2) is 0 Å².